The van der Waals surface area contributed by atoms with Gasteiger partial charge in [0.15, 0.2) is 0 Å². The minimum absolute atomic E-state index is 0.0235. The fraction of sp³-hybridized carbons (Fsp3) is 0.429. The number of anilines is 3. The molecule has 1 unspecified atom stereocenters. The monoisotopic (exact) mass is 456 g/mol. The van der Waals surface area contributed by atoms with Crippen LogP contribution in [0.5, 0.6) is 0 Å². The summed E-state index contributed by atoms with van der Waals surface area (Å²) in [5.74, 6) is 1.15. The molecule has 1 spiro atoms. The van der Waals surface area contributed by atoms with E-state index in [0.717, 1.165) is 30.5 Å². The summed E-state index contributed by atoms with van der Waals surface area (Å²) in [6, 6.07) is 4.92. The van der Waals surface area contributed by atoms with E-state index in [4.69, 9.17) is 4.98 Å². The number of hydrogen-bond donors (Lipinski definition) is 1. The molecule has 0 aromatic carbocycles. The molecule has 1 aliphatic carbocycles. The maximum Gasteiger partial charge on any atom is 0.234 e. The molecule has 1 saturated carbocycles. The van der Waals surface area contributed by atoms with E-state index in [-0.39, 0.29) is 16.9 Å². The number of nitrogens with zero attached hydrogens (tertiary/aromatic N) is 6. The molecular formula is C21H23FN7O2S-. The number of pyridine rings is 1. The number of aromatic nitrogens is 4. The Morgan fingerprint density at radius 2 is 1.97 bits per heavy atom. The zero-order valence-electron chi connectivity index (χ0n) is 17.8. The summed E-state index contributed by atoms with van der Waals surface area (Å²) in [7, 11) is 0. The van der Waals surface area contributed by atoms with Crippen LogP contribution in [-0.2, 0) is 16.6 Å². The summed E-state index contributed by atoms with van der Waals surface area (Å²) in [6.07, 6.45) is 7.24. The van der Waals surface area contributed by atoms with Gasteiger partial charge in [0.1, 0.15) is 22.8 Å². The Labute approximate surface area is 187 Å². The molecule has 1 N–H and O–H groups in total. The molecule has 0 radical (unpaired) electrons. The van der Waals surface area contributed by atoms with Crippen LogP contribution in [-0.4, -0.2) is 40.3 Å². The number of hydrazone groups is 1. The van der Waals surface area contributed by atoms with Crippen LogP contribution in [0.2, 0.25) is 0 Å². The fourth-order valence-electron chi connectivity index (χ4n) is 4.57. The van der Waals surface area contributed by atoms with Gasteiger partial charge in [-0.2, -0.15) is 9.37 Å². The Morgan fingerprint density at radius 1 is 1.19 bits per heavy atom. The van der Waals surface area contributed by atoms with Gasteiger partial charge in [-0.15, -0.1) is 5.10 Å². The van der Waals surface area contributed by atoms with Crippen molar-refractivity contribution in [2.75, 3.05) is 10.3 Å². The molecule has 11 heteroatoms. The maximum absolute atomic E-state index is 15.5. The van der Waals surface area contributed by atoms with Gasteiger partial charge < -0.3 is 9.87 Å². The quantitative estimate of drug-likeness (QED) is 0.591. The molecule has 5 rings (SSSR count). The Bertz CT molecular complexity index is 1220. The molecule has 0 amide bonds. The number of nitrogens with one attached hydrogen (secondary N) is 1. The van der Waals surface area contributed by atoms with Crippen molar-refractivity contribution < 1.29 is 13.2 Å². The second-order valence-corrected chi connectivity index (χ2v) is 9.41. The zero-order chi connectivity index (χ0) is 22.5. The fourth-order valence-corrected chi connectivity index (χ4v) is 4.89. The highest BCUT2D eigenvalue weighted by Crippen LogP contribution is 2.46. The second kappa shape index (κ2) is 7.89. The highest BCUT2D eigenvalue weighted by Gasteiger charge is 2.46. The molecule has 1 aliphatic heterocycles. The lowest BCUT2D eigenvalue weighted by Crippen LogP contribution is -2.48. The summed E-state index contributed by atoms with van der Waals surface area (Å²) < 4.78 is 39.6. The van der Waals surface area contributed by atoms with Crippen LogP contribution in [0.4, 0.5) is 22.0 Å². The number of fused-ring (bicyclic) bond motifs is 4. The van der Waals surface area contributed by atoms with Gasteiger partial charge in [0.25, 0.3) is 0 Å². The highest BCUT2D eigenvalue weighted by molar-refractivity contribution is 7.79. The van der Waals surface area contributed by atoms with E-state index in [9.17, 15) is 8.76 Å². The molecule has 1 fully saturated rings. The van der Waals surface area contributed by atoms with E-state index in [0.29, 0.717) is 30.3 Å². The molecule has 32 heavy (non-hydrogen) atoms. The normalized spacial score (nSPS) is 18.7. The SMILES string of the molecule is CC(C)N1N=C(F)C2(CCCCC2)n2c1cc1cnc(Nc3ccc(S(=O)[O-])cn3)nc12. The summed E-state index contributed by atoms with van der Waals surface area (Å²) in [5.41, 5.74) is -0.197. The van der Waals surface area contributed by atoms with Crippen LogP contribution >= 0.6 is 0 Å². The molecule has 168 valence electrons. The van der Waals surface area contributed by atoms with Crippen LogP contribution in [0, 0.1) is 0 Å². The smallest absolute Gasteiger partial charge is 0.234 e. The topological polar surface area (TPSA) is 111 Å². The van der Waals surface area contributed by atoms with Gasteiger partial charge in [0.05, 0.1) is 0 Å². The lowest BCUT2D eigenvalue weighted by Gasteiger charge is -2.43. The van der Waals surface area contributed by atoms with Crippen molar-refractivity contribution in [2.45, 2.75) is 62.4 Å². The second-order valence-electron chi connectivity index (χ2n) is 8.47. The van der Waals surface area contributed by atoms with Crippen LogP contribution in [0.25, 0.3) is 11.0 Å². The van der Waals surface area contributed by atoms with Crippen molar-refractivity contribution >= 4 is 45.7 Å². The van der Waals surface area contributed by atoms with E-state index in [2.05, 4.69) is 20.4 Å². The molecule has 3 aromatic rings. The van der Waals surface area contributed by atoms with Gasteiger partial charge in [-0.25, -0.2) is 15.0 Å². The number of halogens is 1. The first-order valence-electron chi connectivity index (χ1n) is 10.6. The Balaban J connectivity index is 1.60. The summed E-state index contributed by atoms with van der Waals surface area (Å²) >= 11 is -2.34. The molecular weight excluding hydrogens is 433 g/mol. The maximum atomic E-state index is 15.5. The first kappa shape index (κ1) is 21.0. The molecule has 2 aliphatic rings. The van der Waals surface area contributed by atoms with E-state index >= 15 is 4.39 Å². The van der Waals surface area contributed by atoms with E-state index in [1.165, 1.54) is 12.3 Å². The zero-order valence-corrected chi connectivity index (χ0v) is 18.6. The lowest BCUT2D eigenvalue weighted by molar-refractivity contribution is 0.261. The Kier molecular flexibility index (Phi) is 5.17. The third kappa shape index (κ3) is 3.36. The molecule has 4 heterocycles. The van der Waals surface area contributed by atoms with Crippen molar-refractivity contribution in [3.63, 3.8) is 0 Å². The van der Waals surface area contributed by atoms with Crippen LogP contribution in [0.3, 0.4) is 0 Å². The van der Waals surface area contributed by atoms with Gasteiger partial charge in [-0.05, 0) is 56.0 Å². The third-order valence-electron chi connectivity index (χ3n) is 6.10. The summed E-state index contributed by atoms with van der Waals surface area (Å²) in [4.78, 5) is 13.3. The minimum Gasteiger partial charge on any atom is -0.768 e. The first-order valence-corrected chi connectivity index (χ1v) is 11.7. The minimum atomic E-state index is -2.34. The van der Waals surface area contributed by atoms with Crippen LogP contribution < -0.4 is 10.3 Å². The molecule has 1 atom stereocenters. The van der Waals surface area contributed by atoms with Crippen molar-refractivity contribution in [2.24, 2.45) is 5.10 Å². The van der Waals surface area contributed by atoms with Crippen LogP contribution in [0.15, 0.2) is 40.6 Å². The molecule has 9 nitrogen and oxygen atoms in total. The van der Waals surface area contributed by atoms with E-state index < -0.39 is 16.6 Å². The van der Waals surface area contributed by atoms with Crippen molar-refractivity contribution in [3.05, 3.63) is 30.6 Å². The summed E-state index contributed by atoms with van der Waals surface area (Å²) in [5, 5.41) is 9.86. The van der Waals surface area contributed by atoms with Gasteiger partial charge in [0.2, 0.25) is 11.9 Å². The van der Waals surface area contributed by atoms with Gasteiger partial charge in [-0.1, -0.05) is 19.3 Å². The molecule has 0 bridgehead atoms. The standard InChI is InChI=1S/C21H24FN7O2S/c1-13(2)29-17-10-14-11-24-20(25-16-7-6-15(12-23-16)32(30)31)26-18(14)28(17)21(19(22)27-29)8-4-3-5-9-21/h6-7,10-13H,3-5,8-9H2,1-2H3,(H,30,31)(H,23,24,25,26)/p-1. The van der Waals surface area contributed by atoms with E-state index in [1.807, 2.05) is 24.5 Å². The average molecular weight is 457 g/mol. The van der Waals surface area contributed by atoms with Gasteiger partial charge in [0, 0.05) is 28.7 Å². The van der Waals surface area contributed by atoms with Gasteiger partial charge in [-0.3, -0.25) is 8.78 Å². The largest absolute Gasteiger partial charge is 0.768 e. The number of rotatable bonds is 4. The predicted octanol–water partition coefficient (Wildman–Crippen LogP) is 3.98. The van der Waals surface area contributed by atoms with Crippen LogP contribution in [0.1, 0.15) is 46.0 Å². The first-order chi connectivity index (χ1) is 15.4. The van der Waals surface area contributed by atoms with Crippen molar-refractivity contribution in [3.8, 4) is 0 Å². The third-order valence-corrected chi connectivity index (χ3v) is 6.73. The Hall–Kier alpha value is -2.92. The molecule has 0 saturated heterocycles. The average Bonchev–Trinajstić information content (AvgIpc) is 3.17. The van der Waals surface area contributed by atoms with Crippen molar-refractivity contribution in [1.82, 2.24) is 19.5 Å². The molecule has 3 aromatic heterocycles. The lowest BCUT2D eigenvalue weighted by atomic mass is 9.81. The number of hydrogen-bond acceptors (Lipinski definition) is 8. The predicted molar refractivity (Wildman–Crippen MR) is 119 cm³/mol. The van der Waals surface area contributed by atoms with Gasteiger partial charge >= 0.3 is 0 Å². The summed E-state index contributed by atoms with van der Waals surface area (Å²) in [6.45, 7) is 3.95. The highest BCUT2D eigenvalue weighted by atomic mass is 32.2. The van der Waals surface area contributed by atoms with Crippen molar-refractivity contribution in [1.29, 1.82) is 0 Å². The Morgan fingerprint density at radius 3 is 2.62 bits per heavy atom. The van der Waals surface area contributed by atoms with E-state index in [1.54, 1.807) is 17.3 Å².